The zero-order valence-corrected chi connectivity index (χ0v) is 10.9. The van der Waals surface area contributed by atoms with Crippen LogP contribution in [0.15, 0.2) is 0 Å². The number of ether oxygens (including phenoxy) is 1. The van der Waals surface area contributed by atoms with Crippen molar-refractivity contribution in [2.24, 2.45) is 18.7 Å². The molecule has 0 spiro atoms. The molecule has 1 aromatic rings. The highest BCUT2D eigenvalue weighted by Crippen LogP contribution is 2.25. The maximum Gasteiger partial charge on any atom is 0.216 e. The van der Waals surface area contributed by atoms with Crippen LogP contribution in [0, 0.1) is 12.8 Å². The van der Waals surface area contributed by atoms with Crippen LogP contribution in [0.3, 0.4) is 0 Å². The van der Waals surface area contributed by atoms with Crippen LogP contribution in [0.5, 0.6) is 5.88 Å². The fourth-order valence-electron chi connectivity index (χ4n) is 2.59. The molecule has 96 valence electrons. The number of methoxy groups -OCH3 is 1. The summed E-state index contributed by atoms with van der Waals surface area (Å²) in [5, 5.41) is 4.40. The molecule has 1 fully saturated rings. The second kappa shape index (κ2) is 5.06. The fraction of sp³-hybridized carbons (Fsp3) is 0.750. The Kier molecular flexibility index (Phi) is 3.69. The highest BCUT2D eigenvalue weighted by molar-refractivity contribution is 5.30. The van der Waals surface area contributed by atoms with Gasteiger partial charge in [0.1, 0.15) is 0 Å². The summed E-state index contributed by atoms with van der Waals surface area (Å²) in [5.41, 5.74) is 7.97. The van der Waals surface area contributed by atoms with Crippen LogP contribution in [-0.2, 0) is 13.6 Å². The Morgan fingerprint density at radius 1 is 1.53 bits per heavy atom. The van der Waals surface area contributed by atoms with Gasteiger partial charge >= 0.3 is 0 Å². The van der Waals surface area contributed by atoms with Gasteiger partial charge < -0.3 is 10.5 Å². The number of likely N-dealkylation sites (tertiary alicyclic amines) is 1. The molecule has 1 unspecified atom stereocenters. The number of hydrogen-bond acceptors (Lipinski definition) is 4. The summed E-state index contributed by atoms with van der Waals surface area (Å²) in [6, 6.07) is 0. The number of aromatic nitrogens is 2. The number of aryl methyl sites for hydroxylation is 2. The van der Waals surface area contributed by atoms with Crippen molar-refractivity contribution in [3.8, 4) is 5.88 Å². The lowest BCUT2D eigenvalue weighted by molar-refractivity contribution is 0.305. The molecule has 0 amide bonds. The molecule has 17 heavy (non-hydrogen) atoms. The van der Waals surface area contributed by atoms with Gasteiger partial charge in [-0.1, -0.05) is 0 Å². The van der Waals surface area contributed by atoms with Gasteiger partial charge in [-0.15, -0.1) is 0 Å². The van der Waals surface area contributed by atoms with Crippen molar-refractivity contribution >= 4 is 0 Å². The lowest BCUT2D eigenvalue weighted by Gasteiger charge is -2.16. The maximum absolute atomic E-state index is 5.71. The highest BCUT2D eigenvalue weighted by atomic mass is 16.5. The van der Waals surface area contributed by atoms with Crippen molar-refractivity contribution in [2.75, 3.05) is 26.7 Å². The molecule has 0 bridgehead atoms. The van der Waals surface area contributed by atoms with E-state index >= 15 is 0 Å². The predicted molar refractivity (Wildman–Crippen MR) is 66.9 cm³/mol. The Balaban J connectivity index is 2.08. The quantitative estimate of drug-likeness (QED) is 0.831. The van der Waals surface area contributed by atoms with Crippen molar-refractivity contribution in [3.05, 3.63) is 11.3 Å². The van der Waals surface area contributed by atoms with Crippen molar-refractivity contribution in [3.63, 3.8) is 0 Å². The molecule has 5 heteroatoms. The molecular formula is C12H22N4O. The van der Waals surface area contributed by atoms with Gasteiger partial charge in [-0.05, 0) is 32.4 Å². The number of rotatable bonds is 4. The van der Waals surface area contributed by atoms with Crippen LogP contribution < -0.4 is 10.5 Å². The van der Waals surface area contributed by atoms with E-state index in [1.165, 1.54) is 12.0 Å². The molecule has 0 radical (unpaired) electrons. The first kappa shape index (κ1) is 12.4. The Morgan fingerprint density at radius 3 is 2.88 bits per heavy atom. The smallest absolute Gasteiger partial charge is 0.216 e. The molecule has 0 saturated carbocycles. The summed E-state index contributed by atoms with van der Waals surface area (Å²) in [5.74, 6) is 1.52. The van der Waals surface area contributed by atoms with Crippen LogP contribution in [0.1, 0.15) is 17.7 Å². The van der Waals surface area contributed by atoms with Crippen LogP contribution in [-0.4, -0.2) is 41.4 Å². The van der Waals surface area contributed by atoms with E-state index in [0.29, 0.717) is 5.92 Å². The molecule has 1 aliphatic heterocycles. The molecule has 1 saturated heterocycles. The molecular weight excluding hydrogens is 216 g/mol. The largest absolute Gasteiger partial charge is 0.481 e. The third-order valence-corrected chi connectivity index (χ3v) is 3.57. The average Bonchev–Trinajstić information content (AvgIpc) is 2.85. The zero-order chi connectivity index (χ0) is 12.4. The molecule has 2 heterocycles. The van der Waals surface area contributed by atoms with Gasteiger partial charge in [-0.3, -0.25) is 4.90 Å². The maximum atomic E-state index is 5.71. The molecule has 0 aromatic carbocycles. The number of nitrogens with zero attached hydrogens (tertiary/aromatic N) is 3. The predicted octanol–water partition coefficient (Wildman–Crippen LogP) is 0.518. The summed E-state index contributed by atoms with van der Waals surface area (Å²) in [4.78, 5) is 2.43. The minimum Gasteiger partial charge on any atom is -0.481 e. The summed E-state index contributed by atoms with van der Waals surface area (Å²) in [6.07, 6.45) is 1.21. The van der Waals surface area contributed by atoms with Gasteiger partial charge in [0.05, 0.1) is 18.4 Å². The first-order valence-electron chi connectivity index (χ1n) is 6.14. The monoisotopic (exact) mass is 238 g/mol. The third kappa shape index (κ3) is 2.45. The van der Waals surface area contributed by atoms with E-state index in [1.54, 1.807) is 11.8 Å². The second-order valence-corrected chi connectivity index (χ2v) is 4.82. The van der Waals surface area contributed by atoms with Gasteiger partial charge in [0.25, 0.3) is 0 Å². The van der Waals surface area contributed by atoms with E-state index in [1.807, 2.05) is 14.0 Å². The molecule has 2 rings (SSSR count). The highest BCUT2D eigenvalue weighted by Gasteiger charge is 2.24. The minimum atomic E-state index is 0.651. The van der Waals surface area contributed by atoms with Crippen LogP contribution in [0.2, 0.25) is 0 Å². The third-order valence-electron chi connectivity index (χ3n) is 3.57. The summed E-state index contributed by atoms with van der Waals surface area (Å²) < 4.78 is 7.22. The summed E-state index contributed by atoms with van der Waals surface area (Å²) in [7, 11) is 3.62. The van der Waals surface area contributed by atoms with Gasteiger partial charge in [-0.25, -0.2) is 4.68 Å². The van der Waals surface area contributed by atoms with Crippen molar-refractivity contribution in [1.29, 1.82) is 0 Å². The number of hydrogen-bond donors (Lipinski definition) is 1. The SMILES string of the molecule is COc1c(CN2CCC(CN)C2)c(C)nn1C. The molecule has 1 atom stereocenters. The van der Waals surface area contributed by atoms with Gasteiger partial charge in [0.15, 0.2) is 0 Å². The number of nitrogens with two attached hydrogens (primary N) is 1. The van der Waals surface area contributed by atoms with Gasteiger partial charge in [0.2, 0.25) is 5.88 Å². The molecule has 1 aliphatic rings. The van der Waals surface area contributed by atoms with E-state index in [0.717, 1.165) is 37.8 Å². The van der Waals surface area contributed by atoms with Crippen LogP contribution in [0.25, 0.3) is 0 Å². The van der Waals surface area contributed by atoms with Crippen molar-refractivity contribution in [1.82, 2.24) is 14.7 Å². The van der Waals surface area contributed by atoms with E-state index in [9.17, 15) is 0 Å². The van der Waals surface area contributed by atoms with E-state index in [2.05, 4.69) is 10.00 Å². The lowest BCUT2D eigenvalue weighted by atomic mass is 10.1. The molecule has 0 aliphatic carbocycles. The Labute approximate surface area is 103 Å². The average molecular weight is 238 g/mol. The van der Waals surface area contributed by atoms with Gasteiger partial charge in [-0.2, -0.15) is 5.10 Å². The van der Waals surface area contributed by atoms with E-state index in [-0.39, 0.29) is 0 Å². The van der Waals surface area contributed by atoms with Crippen LogP contribution in [0.4, 0.5) is 0 Å². The molecule has 2 N–H and O–H groups in total. The Bertz CT molecular complexity index is 388. The topological polar surface area (TPSA) is 56.3 Å². The zero-order valence-electron chi connectivity index (χ0n) is 10.9. The first-order valence-corrected chi connectivity index (χ1v) is 6.14. The first-order chi connectivity index (χ1) is 8.15. The van der Waals surface area contributed by atoms with Crippen molar-refractivity contribution < 1.29 is 4.74 Å². The summed E-state index contributed by atoms with van der Waals surface area (Å²) in [6.45, 7) is 5.96. The van der Waals surface area contributed by atoms with Crippen molar-refractivity contribution in [2.45, 2.75) is 19.9 Å². The fourth-order valence-corrected chi connectivity index (χ4v) is 2.59. The summed E-state index contributed by atoms with van der Waals surface area (Å²) >= 11 is 0. The van der Waals surface area contributed by atoms with Gasteiger partial charge in [0, 0.05) is 20.1 Å². The second-order valence-electron chi connectivity index (χ2n) is 4.82. The minimum absolute atomic E-state index is 0.651. The van der Waals surface area contributed by atoms with E-state index < -0.39 is 0 Å². The molecule has 5 nitrogen and oxygen atoms in total. The Hall–Kier alpha value is -1.07. The standard InChI is InChI=1S/C12H22N4O/c1-9-11(12(17-3)15(2)14-9)8-16-5-4-10(6-13)7-16/h10H,4-8,13H2,1-3H3. The van der Waals surface area contributed by atoms with Crippen LogP contribution >= 0.6 is 0 Å². The Morgan fingerprint density at radius 2 is 2.29 bits per heavy atom. The van der Waals surface area contributed by atoms with E-state index in [4.69, 9.17) is 10.5 Å². The normalized spacial score (nSPS) is 21.1. The molecule has 1 aromatic heterocycles. The lowest BCUT2D eigenvalue weighted by Crippen LogP contribution is -2.23.